The van der Waals surface area contributed by atoms with E-state index in [2.05, 4.69) is 32.6 Å². The molecule has 0 saturated heterocycles. The molecule has 0 aliphatic rings. The van der Waals surface area contributed by atoms with Gasteiger partial charge >= 0.3 is 5.97 Å². The molecule has 0 bridgehead atoms. The van der Waals surface area contributed by atoms with Crippen LogP contribution in [-0.2, 0) is 9.53 Å². The number of rotatable bonds is 4. The molecule has 1 rings (SSSR count). The Hall–Kier alpha value is -1.04. The van der Waals surface area contributed by atoms with Gasteiger partial charge in [-0.3, -0.25) is 0 Å². The van der Waals surface area contributed by atoms with Gasteiger partial charge in [-0.1, -0.05) is 18.2 Å². The van der Waals surface area contributed by atoms with Crippen LogP contribution in [0.5, 0.6) is 0 Å². The molecule has 0 aromatic heterocycles. The van der Waals surface area contributed by atoms with E-state index in [1.807, 2.05) is 30.3 Å². The van der Waals surface area contributed by atoms with Gasteiger partial charge < -0.3 is 10.1 Å². The van der Waals surface area contributed by atoms with Gasteiger partial charge in [0, 0.05) is 21.4 Å². The van der Waals surface area contributed by atoms with Crippen molar-refractivity contribution in [2.45, 2.75) is 6.92 Å². The first-order valence-electron chi connectivity index (χ1n) is 4.88. The Morgan fingerprint density at radius 3 is 2.81 bits per heavy atom. The summed E-state index contributed by atoms with van der Waals surface area (Å²) in [7, 11) is 1.38. The molecule has 3 nitrogen and oxygen atoms in total. The Kier molecular flexibility index (Phi) is 5.31. The van der Waals surface area contributed by atoms with Gasteiger partial charge in [0.15, 0.2) is 0 Å². The van der Waals surface area contributed by atoms with Crippen LogP contribution in [0.4, 0.5) is 5.69 Å². The van der Waals surface area contributed by atoms with Crippen LogP contribution in [0, 0.1) is 3.57 Å². The largest absolute Gasteiger partial charge is 0.466 e. The van der Waals surface area contributed by atoms with E-state index in [0.717, 1.165) is 9.26 Å². The third-order valence-electron chi connectivity index (χ3n) is 2.08. The van der Waals surface area contributed by atoms with Crippen molar-refractivity contribution in [3.63, 3.8) is 0 Å². The third-order valence-corrected chi connectivity index (χ3v) is 3.02. The van der Waals surface area contributed by atoms with Crippen LogP contribution in [-0.4, -0.2) is 19.6 Å². The first-order valence-corrected chi connectivity index (χ1v) is 5.96. The SMILES string of the molecule is COC(=O)/C(C)=C/CNc1ccccc1I. The normalized spacial score (nSPS) is 11.1. The summed E-state index contributed by atoms with van der Waals surface area (Å²) in [5, 5.41) is 3.23. The zero-order valence-corrected chi connectivity index (χ0v) is 11.4. The molecular formula is C12H14INO2. The summed E-state index contributed by atoms with van der Waals surface area (Å²) >= 11 is 2.26. The molecule has 1 N–H and O–H groups in total. The van der Waals surface area contributed by atoms with Crippen molar-refractivity contribution >= 4 is 34.2 Å². The lowest BCUT2D eigenvalue weighted by molar-refractivity contribution is -0.136. The van der Waals surface area contributed by atoms with Crippen LogP contribution in [0.2, 0.25) is 0 Å². The molecule has 0 aliphatic heterocycles. The van der Waals surface area contributed by atoms with Crippen LogP contribution in [0.1, 0.15) is 6.92 Å². The molecule has 0 amide bonds. The first-order chi connectivity index (χ1) is 7.65. The maximum atomic E-state index is 11.1. The summed E-state index contributed by atoms with van der Waals surface area (Å²) in [4.78, 5) is 11.1. The zero-order chi connectivity index (χ0) is 12.0. The first kappa shape index (κ1) is 13.0. The Balaban J connectivity index is 2.53. The molecular weight excluding hydrogens is 317 g/mol. The monoisotopic (exact) mass is 331 g/mol. The van der Waals surface area contributed by atoms with Crippen molar-refractivity contribution in [1.29, 1.82) is 0 Å². The standard InChI is InChI=1S/C12H14INO2/c1-9(12(15)16-2)7-8-14-11-6-4-3-5-10(11)13/h3-7,14H,8H2,1-2H3/b9-7+. The highest BCUT2D eigenvalue weighted by Gasteiger charge is 2.01. The molecule has 0 aliphatic carbocycles. The number of para-hydroxylation sites is 1. The predicted molar refractivity (Wildman–Crippen MR) is 73.4 cm³/mol. The molecule has 0 unspecified atom stereocenters. The van der Waals surface area contributed by atoms with Gasteiger partial charge in [-0.05, 0) is 41.6 Å². The number of hydrogen-bond acceptors (Lipinski definition) is 3. The van der Waals surface area contributed by atoms with Crippen molar-refractivity contribution in [2.75, 3.05) is 19.0 Å². The highest BCUT2D eigenvalue weighted by molar-refractivity contribution is 14.1. The Bertz CT molecular complexity index is 402. The number of esters is 1. The van der Waals surface area contributed by atoms with Crippen LogP contribution >= 0.6 is 22.6 Å². The zero-order valence-electron chi connectivity index (χ0n) is 9.29. The van der Waals surface area contributed by atoms with E-state index in [-0.39, 0.29) is 5.97 Å². The molecule has 0 heterocycles. The number of hydrogen-bond donors (Lipinski definition) is 1. The van der Waals surface area contributed by atoms with Crippen molar-refractivity contribution in [3.8, 4) is 0 Å². The van der Waals surface area contributed by atoms with Crippen molar-refractivity contribution in [3.05, 3.63) is 39.5 Å². The number of carbonyl (C=O) groups excluding carboxylic acids is 1. The van der Waals surface area contributed by atoms with Gasteiger partial charge in [0.05, 0.1) is 7.11 Å². The minimum absolute atomic E-state index is 0.287. The van der Waals surface area contributed by atoms with Crippen LogP contribution in [0.25, 0.3) is 0 Å². The van der Waals surface area contributed by atoms with E-state index in [9.17, 15) is 4.79 Å². The highest BCUT2D eigenvalue weighted by atomic mass is 127. The van der Waals surface area contributed by atoms with E-state index >= 15 is 0 Å². The Labute approximate surface area is 109 Å². The molecule has 0 spiro atoms. The number of anilines is 1. The molecule has 0 saturated carbocycles. The van der Waals surface area contributed by atoms with Gasteiger partial charge in [-0.2, -0.15) is 0 Å². The van der Waals surface area contributed by atoms with E-state index in [0.29, 0.717) is 12.1 Å². The second kappa shape index (κ2) is 6.52. The number of halogens is 1. The van der Waals surface area contributed by atoms with Crippen molar-refractivity contribution in [2.24, 2.45) is 0 Å². The second-order valence-electron chi connectivity index (χ2n) is 3.24. The molecule has 16 heavy (non-hydrogen) atoms. The van der Waals surface area contributed by atoms with E-state index < -0.39 is 0 Å². The van der Waals surface area contributed by atoms with Gasteiger partial charge in [0.2, 0.25) is 0 Å². The van der Waals surface area contributed by atoms with Gasteiger partial charge in [0.1, 0.15) is 0 Å². The minimum Gasteiger partial charge on any atom is -0.466 e. The van der Waals surface area contributed by atoms with Crippen LogP contribution in [0.3, 0.4) is 0 Å². The highest BCUT2D eigenvalue weighted by Crippen LogP contribution is 2.16. The number of carbonyl (C=O) groups is 1. The lowest BCUT2D eigenvalue weighted by atomic mass is 10.2. The van der Waals surface area contributed by atoms with Crippen LogP contribution < -0.4 is 5.32 Å². The quantitative estimate of drug-likeness (QED) is 0.524. The van der Waals surface area contributed by atoms with Crippen molar-refractivity contribution < 1.29 is 9.53 Å². The molecule has 1 aromatic rings. The Morgan fingerprint density at radius 2 is 2.19 bits per heavy atom. The average molecular weight is 331 g/mol. The summed E-state index contributed by atoms with van der Waals surface area (Å²) in [6.07, 6.45) is 1.81. The number of nitrogens with one attached hydrogen (secondary N) is 1. The maximum absolute atomic E-state index is 11.1. The van der Waals surface area contributed by atoms with Crippen LogP contribution in [0.15, 0.2) is 35.9 Å². The summed E-state index contributed by atoms with van der Waals surface area (Å²) < 4.78 is 5.76. The fourth-order valence-electron chi connectivity index (χ4n) is 1.16. The molecule has 0 fully saturated rings. The molecule has 86 valence electrons. The molecule has 0 radical (unpaired) electrons. The fraction of sp³-hybridized carbons (Fsp3) is 0.250. The van der Waals surface area contributed by atoms with Crippen molar-refractivity contribution in [1.82, 2.24) is 0 Å². The summed E-state index contributed by atoms with van der Waals surface area (Å²) in [6.45, 7) is 2.35. The summed E-state index contributed by atoms with van der Waals surface area (Å²) in [5.41, 5.74) is 1.68. The lowest BCUT2D eigenvalue weighted by Gasteiger charge is -2.06. The van der Waals surface area contributed by atoms with Gasteiger partial charge in [-0.25, -0.2) is 4.79 Å². The summed E-state index contributed by atoms with van der Waals surface area (Å²) in [5.74, 6) is -0.287. The topological polar surface area (TPSA) is 38.3 Å². The second-order valence-corrected chi connectivity index (χ2v) is 4.40. The van der Waals surface area contributed by atoms with E-state index in [4.69, 9.17) is 0 Å². The lowest BCUT2D eigenvalue weighted by Crippen LogP contribution is -2.06. The predicted octanol–water partition coefficient (Wildman–Crippen LogP) is 2.82. The van der Waals surface area contributed by atoms with Gasteiger partial charge in [-0.15, -0.1) is 0 Å². The number of ether oxygens (including phenoxy) is 1. The number of benzene rings is 1. The Morgan fingerprint density at radius 1 is 1.50 bits per heavy atom. The fourth-order valence-corrected chi connectivity index (χ4v) is 1.74. The molecule has 4 heteroatoms. The third kappa shape index (κ3) is 3.84. The molecule has 1 aromatic carbocycles. The van der Waals surface area contributed by atoms with E-state index in [1.54, 1.807) is 6.92 Å². The number of methoxy groups -OCH3 is 1. The smallest absolute Gasteiger partial charge is 0.333 e. The van der Waals surface area contributed by atoms with E-state index in [1.165, 1.54) is 7.11 Å². The summed E-state index contributed by atoms with van der Waals surface area (Å²) in [6, 6.07) is 7.99. The maximum Gasteiger partial charge on any atom is 0.333 e. The minimum atomic E-state index is -0.287. The van der Waals surface area contributed by atoms with Gasteiger partial charge in [0.25, 0.3) is 0 Å². The molecule has 0 atom stereocenters. The average Bonchev–Trinajstić information content (AvgIpc) is 2.30.